The number of unbranched alkanes of at least 4 members (excludes halogenated alkanes) is 16. The highest BCUT2D eigenvalue weighted by Gasteiger charge is 2.22. The summed E-state index contributed by atoms with van der Waals surface area (Å²) in [5.41, 5.74) is 0. The van der Waals surface area contributed by atoms with Crippen LogP contribution in [0.5, 0.6) is 0 Å². The van der Waals surface area contributed by atoms with Crippen molar-refractivity contribution >= 4 is 19.8 Å². The van der Waals surface area contributed by atoms with Gasteiger partial charge in [-0.2, -0.15) is 0 Å². The molecule has 246 valence electrons. The molecule has 0 aromatic carbocycles. The van der Waals surface area contributed by atoms with Gasteiger partial charge in [0.25, 0.3) is 0 Å². The summed E-state index contributed by atoms with van der Waals surface area (Å²) >= 11 is 0. The van der Waals surface area contributed by atoms with Crippen LogP contribution in [-0.4, -0.2) is 41.0 Å². The van der Waals surface area contributed by atoms with Crippen molar-refractivity contribution in [2.75, 3.05) is 13.2 Å². The summed E-state index contributed by atoms with van der Waals surface area (Å²) in [5, 5.41) is 0. The fourth-order valence-electron chi connectivity index (χ4n) is 4.41. The van der Waals surface area contributed by atoms with Crippen LogP contribution in [0.3, 0.4) is 0 Å². The number of carbonyl (C=O) groups is 2. The average molecular weight is 617 g/mol. The van der Waals surface area contributed by atoms with Crippen molar-refractivity contribution in [2.45, 2.75) is 161 Å². The van der Waals surface area contributed by atoms with E-state index in [1.807, 2.05) is 0 Å². The molecule has 0 unspecified atom stereocenters. The van der Waals surface area contributed by atoms with Gasteiger partial charge in [-0.1, -0.05) is 109 Å². The summed E-state index contributed by atoms with van der Waals surface area (Å²) in [6.45, 7) is 3.58. The third kappa shape index (κ3) is 31.5. The Balaban J connectivity index is 4.04. The van der Waals surface area contributed by atoms with E-state index in [4.69, 9.17) is 19.3 Å². The molecule has 0 saturated heterocycles. The van der Waals surface area contributed by atoms with Crippen LogP contribution in [0.1, 0.15) is 155 Å². The smallest absolute Gasteiger partial charge is 0.462 e. The highest BCUT2D eigenvalue weighted by molar-refractivity contribution is 7.46. The van der Waals surface area contributed by atoms with Gasteiger partial charge in [-0.15, -0.1) is 0 Å². The molecule has 0 saturated carbocycles. The Bertz CT molecular complexity index is 746. The van der Waals surface area contributed by atoms with Gasteiger partial charge in [0, 0.05) is 12.8 Å². The molecule has 0 spiro atoms. The van der Waals surface area contributed by atoms with E-state index in [0.717, 1.165) is 70.6 Å². The second-order valence-electron chi connectivity index (χ2n) is 11.1. The molecule has 0 bridgehead atoms. The number of carbonyl (C=O) groups excluding carboxylic acids is 2. The van der Waals surface area contributed by atoms with Gasteiger partial charge in [-0.25, -0.2) is 4.57 Å². The number of phosphoric ester groups is 1. The van der Waals surface area contributed by atoms with E-state index < -0.39 is 32.5 Å². The monoisotopic (exact) mass is 616 g/mol. The molecular formula is C33H61O8P. The summed E-state index contributed by atoms with van der Waals surface area (Å²) in [7, 11) is -4.74. The fourth-order valence-corrected chi connectivity index (χ4v) is 4.77. The highest BCUT2D eigenvalue weighted by Crippen LogP contribution is 2.35. The van der Waals surface area contributed by atoms with E-state index in [9.17, 15) is 14.2 Å². The van der Waals surface area contributed by atoms with E-state index in [-0.39, 0.29) is 19.4 Å². The predicted molar refractivity (Wildman–Crippen MR) is 170 cm³/mol. The lowest BCUT2D eigenvalue weighted by molar-refractivity contribution is -0.161. The molecule has 0 aliphatic carbocycles. The van der Waals surface area contributed by atoms with Crippen LogP contribution in [-0.2, 0) is 28.2 Å². The van der Waals surface area contributed by atoms with Gasteiger partial charge < -0.3 is 19.3 Å². The summed E-state index contributed by atoms with van der Waals surface area (Å²) < 4.78 is 26.2. The molecule has 42 heavy (non-hydrogen) atoms. The van der Waals surface area contributed by atoms with Gasteiger partial charge in [-0.3, -0.25) is 14.1 Å². The topological polar surface area (TPSA) is 119 Å². The minimum Gasteiger partial charge on any atom is -0.462 e. The molecule has 9 heteroatoms. The van der Waals surface area contributed by atoms with E-state index >= 15 is 0 Å². The first-order chi connectivity index (χ1) is 20.3. The Morgan fingerprint density at radius 3 is 1.52 bits per heavy atom. The third-order valence-electron chi connectivity index (χ3n) is 6.94. The maximum absolute atomic E-state index is 12.3. The van der Waals surface area contributed by atoms with Crippen LogP contribution in [0.15, 0.2) is 24.3 Å². The van der Waals surface area contributed by atoms with E-state index in [0.29, 0.717) is 12.8 Å². The average Bonchev–Trinajstić information content (AvgIpc) is 2.95. The van der Waals surface area contributed by atoms with E-state index in [2.05, 4.69) is 42.7 Å². The second kappa shape index (κ2) is 29.6. The van der Waals surface area contributed by atoms with Crippen LogP contribution in [0.25, 0.3) is 0 Å². The van der Waals surface area contributed by atoms with Crippen molar-refractivity contribution in [1.29, 1.82) is 0 Å². The standard InChI is InChI=1S/C33H61O8P/c1-3-5-7-9-11-13-15-16-18-19-21-23-25-27-32(34)39-29-31(30-40-42(36,37)38)41-33(35)28-26-24-22-20-17-14-12-10-8-6-4-2/h10,12-13,15,31H,3-9,11,14,16-30H2,1-2H3,(H2,36,37,38)/b12-10-,15-13-/t31-/m1/s1. The summed E-state index contributed by atoms with van der Waals surface area (Å²) in [6, 6.07) is 0. The van der Waals surface area contributed by atoms with E-state index in [1.165, 1.54) is 44.9 Å². The minimum atomic E-state index is -4.74. The minimum absolute atomic E-state index is 0.200. The molecule has 0 aromatic rings. The quantitative estimate of drug-likeness (QED) is 0.0355. The van der Waals surface area contributed by atoms with Crippen molar-refractivity contribution in [1.82, 2.24) is 0 Å². The van der Waals surface area contributed by atoms with Gasteiger partial charge in [0.2, 0.25) is 0 Å². The molecule has 0 aliphatic heterocycles. The third-order valence-corrected chi connectivity index (χ3v) is 7.43. The van der Waals surface area contributed by atoms with Gasteiger partial charge >= 0.3 is 19.8 Å². The Morgan fingerprint density at radius 2 is 1.02 bits per heavy atom. The fraction of sp³-hybridized carbons (Fsp3) is 0.818. The number of phosphoric acid groups is 1. The van der Waals surface area contributed by atoms with Crippen LogP contribution in [0.2, 0.25) is 0 Å². The van der Waals surface area contributed by atoms with Crippen LogP contribution in [0.4, 0.5) is 0 Å². The van der Waals surface area contributed by atoms with Gasteiger partial charge in [0.05, 0.1) is 6.61 Å². The van der Waals surface area contributed by atoms with Crippen molar-refractivity contribution in [3.05, 3.63) is 24.3 Å². The maximum Gasteiger partial charge on any atom is 0.469 e. The number of allylic oxidation sites excluding steroid dienone is 4. The zero-order valence-corrected chi connectivity index (χ0v) is 27.5. The number of ether oxygens (including phenoxy) is 2. The van der Waals surface area contributed by atoms with E-state index in [1.54, 1.807) is 0 Å². The lowest BCUT2D eigenvalue weighted by Gasteiger charge is -2.18. The van der Waals surface area contributed by atoms with Crippen molar-refractivity contribution in [3.63, 3.8) is 0 Å². The zero-order chi connectivity index (χ0) is 31.2. The summed E-state index contributed by atoms with van der Waals surface area (Å²) in [4.78, 5) is 42.4. The molecule has 1 atom stereocenters. The molecule has 0 aromatic heterocycles. The van der Waals surface area contributed by atoms with Gasteiger partial charge in [0.1, 0.15) is 6.61 Å². The first kappa shape index (κ1) is 40.5. The highest BCUT2D eigenvalue weighted by atomic mass is 31.2. The lowest BCUT2D eigenvalue weighted by atomic mass is 10.1. The zero-order valence-electron chi connectivity index (χ0n) is 26.6. The van der Waals surface area contributed by atoms with Crippen molar-refractivity contribution in [2.24, 2.45) is 0 Å². The molecule has 0 rings (SSSR count). The van der Waals surface area contributed by atoms with Gasteiger partial charge in [0.15, 0.2) is 6.10 Å². The Labute approximate surface area is 256 Å². The molecule has 0 fully saturated rings. The molecule has 0 heterocycles. The lowest BCUT2D eigenvalue weighted by Crippen LogP contribution is -2.29. The first-order valence-corrected chi connectivity index (χ1v) is 18.2. The SMILES string of the molecule is CCCC/C=C\CCCCCCCC(=O)O[C@H](COC(=O)CCCCCCC/C=C\CCCCCC)COP(=O)(O)O. The maximum atomic E-state index is 12.3. The first-order valence-electron chi connectivity index (χ1n) is 16.6. The second-order valence-corrected chi connectivity index (χ2v) is 12.4. The number of hydrogen-bond acceptors (Lipinski definition) is 6. The molecule has 0 radical (unpaired) electrons. The number of rotatable bonds is 30. The van der Waals surface area contributed by atoms with Gasteiger partial charge in [-0.05, 0) is 57.8 Å². The normalized spacial score (nSPS) is 12.8. The van der Waals surface area contributed by atoms with Crippen molar-refractivity contribution in [3.8, 4) is 0 Å². The van der Waals surface area contributed by atoms with Crippen LogP contribution >= 0.6 is 7.82 Å². The number of esters is 2. The largest absolute Gasteiger partial charge is 0.469 e. The molecule has 2 N–H and O–H groups in total. The van der Waals surface area contributed by atoms with Crippen molar-refractivity contribution < 1.29 is 37.9 Å². The Hall–Kier alpha value is -1.47. The Morgan fingerprint density at radius 1 is 0.595 bits per heavy atom. The summed E-state index contributed by atoms with van der Waals surface area (Å²) in [5.74, 6) is -0.908. The predicted octanol–water partition coefficient (Wildman–Crippen LogP) is 9.29. The number of hydrogen-bond donors (Lipinski definition) is 2. The molecule has 0 aliphatic rings. The Kier molecular flexibility index (Phi) is 28.6. The molecule has 8 nitrogen and oxygen atoms in total. The molecule has 0 amide bonds. The van der Waals surface area contributed by atoms with Crippen LogP contribution in [0, 0.1) is 0 Å². The summed E-state index contributed by atoms with van der Waals surface area (Å²) in [6.07, 6.45) is 30.4. The van der Waals surface area contributed by atoms with Crippen LogP contribution < -0.4 is 0 Å². The molecular weight excluding hydrogens is 555 g/mol.